The molecule has 1 unspecified atom stereocenters. The Morgan fingerprint density at radius 2 is 1.90 bits per heavy atom. The molecule has 1 N–H and O–H groups in total. The van der Waals surface area contributed by atoms with Crippen molar-refractivity contribution in [3.05, 3.63) is 35.4 Å². The number of carbonyl (C=O) groups is 1. The van der Waals surface area contributed by atoms with Gasteiger partial charge in [0.05, 0.1) is 12.0 Å². The average molecular weight is 292 g/mol. The lowest BCUT2D eigenvalue weighted by Crippen LogP contribution is -2.39. The SMILES string of the molecule is COCC(OC)c1ccccc1C1(C(=O)O)CCCCC1. The Kier molecular flexibility index (Phi) is 5.37. The Morgan fingerprint density at radius 3 is 2.48 bits per heavy atom. The van der Waals surface area contributed by atoms with Crippen LogP contribution >= 0.6 is 0 Å². The number of rotatable bonds is 6. The molecular formula is C17H24O4. The van der Waals surface area contributed by atoms with Crippen molar-refractivity contribution in [2.75, 3.05) is 20.8 Å². The minimum atomic E-state index is -0.778. The Labute approximate surface area is 126 Å². The monoisotopic (exact) mass is 292 g/mol. The summed E-state index contributed by atoms with van der Waals surface area (Å²) in [7, 11) is 3.26. The van der Waals surface area contributed by atoms with Crippen molar-refractivity contribution >= 4 is 5.97 Å². The first-order valence-corrected chi connectivity index (χ1v) is 7.50. The molecule has 1 aliphatic rings. The Bertz CT molecular complexity index is 477. The van der Waals surface area contributed by atoms with E-state index in [2.05, 4.69) is 0 Å². The molecule has 1 saturated carbocycles. The number of hydrogen-bond acceptors (Lipinski definition) is 3. The van der Waals surface area contributed by atoms with E-state index in [9.17, 15) is 9.90 Å². The highest BCUT2D eigenvalue weighted by Gasteiger charge is 2.43. The molecule has 0 aromatic heterocycles. The highest BCUT2D eigenvalue weighted by atomic mass is 16.5. The molecule has 1 fully saturated rings. The predicted molar refractivity (Wildman–Crippen MR) is 80.5 cm³/mol. The summed E-state index contributed by atoms with van der Waals surface area (Å²) >= 11 is 0. The van der Waals surface area contributed by atoms with Gasteiger partial charge in [0.25, 0.3) is 0 Å². The molecule has 21 heavy (non-hydrogen) atoms. The average Bonchev–Trinajstić information content (AvgIpc) is 2.53. The molecule has 1 aliphatic carbocycles. The molecule has 1 aromatic carbocycles. The van der Waals surface area contributed by atoms with E-state index in [0.29, 0.717) is 19.4 Å². The molecule has 1 atom stereocenters. The second-order valence-corrected chi connectivity index (χ2v) is 5.71. The predicted octanol–water partition coefficient (Wildman–Crippen LogP) is 3.31. The summed E-state index contributed by atoms with van der Waals surface area (Å²) in [6.45, 7) is 0.420. The van der Waals surface area contributed by atoms with Crippen LogP contribution in [0.25, 0.3) is 0 Å². The summed E-state index contributed by atoms with van der Waals surface area (Å²) in [6, 6.07) is 7.74. The van der Waals surface area contributed by atoms with Crippen LogP contribution in [0.2, 0.25) is 0 Å². The molecule has 1 aromatic rings. The topological polar surface area (TPSA) is 55.8 Å². The van der Waals surface area contributed by atoms with Gasteiger partial charge in [-0.25, -0.2) is 0 Å². The van der Waals surface area contributed by atoms with Gasteiger partial charge in [0, 0.05) is 14.2 Å². The zero-order valence-corrected chi connectivity index (χ0v) is 12.8. The number of ether oxygens (including phenoxy) is 2. The van der Waals surface area contributed by atoms with E-state index in [1.807, 2.05) is 24.3 Å². The van der Waals surface area contributed by atoms with Gasteiger partial charge < -0.3 is 14.6 Å². The molecule has 2 rings (SSSR count). The van der Waals surface area contributed by atoms with Crippen molar-refractivity contribution in [1.82, 2.24) is 0 Å². The molecular weight excluding hydrogens is 268 g/mol. The van der Waals surface area contributed by atoms with Crippen molar-refractivity contribution < 1.29 is 19.4 Å². The lowest BCUT2D eigenvalue weighted by Gasteiger charge is -2.36. The van der Waals surface area contributed by atoms with Gasteiger partial charge in [-0.2, -0.15) is 0 Å². The van der Waals surface area contributed by atoms with Crippen molar-refractivity contribution in [3.63, 3.8) is 0 Å². The zero-order valence-electron chi connectivity index (χ0n) is 12.8. The van der Waals surface area contributed by atoms with Crippen LogP contribution in [0, 0.1) is 0 Å². The maximum absolute atomic E-state index is 12.0. The van der Waals surface area contributed by atoms with Crippen LogP contribution in [0.5, 0.6) is 0 Å². The van der Waals surface area contributed by atoms with Gasteiger partial charge in [-0.15, -0.1) is 0 Å². The summed E-state index contributed by atoms with van der Waals surface area (Å²) < 4.78 is 10.7. The fourth-order valence-electron chi connectivity index (χ4n) is 3.40. The number of carboxylic acid groups (broad SMARTS) is 1. The maximum atomic E-state index is 12.0. The first-order valence-electron chi connectivity index (χ1n) is 7.50. The summed E-state index contributed by atoms with van der Waals surface area (Å²) in [4.78, 5) is 12.0. The van der Waals surface area contributed by atoms with Crippen LogP contribution in [-0.2, 0) is 19.7 Å². The van der Waals surface area contributed by atoms with E-state index in [1.165, 1.54) is 0 Å². The molecule has 0 radical (unpaired) electrons. The fraction of sp³-hybridized carbons (Fsp3) is 0.588. The molecule has 0 heterocycles. The lowest BCUT2D eigenvalue weighted by molar-refractivity contribution is -0.145. The fourth-order valence-corrected chi connectivity index (χ4v) is 3.40. The second kappa shape index (κ2) is 7.05. The number of benzene rings is 1. The van der Waals surface area contributed by atoms with E-state index in [4.69, 9.17) is 9.47 Å². The summed E-state index contributed by atoms with van der Waals surface area (Å²) in [5, 5.41) is 9.88. The first kappa shape index (κ1) is 16.0. The quantitative estimate of drug-likeness (QED) is 0.874. The standard InChI is InChI=1S/C17H24O4/c1-20-12-15(21-2)13-8-4-5-9-14(13)17(16(18)19)10-6-3-7-11-17/h4-5,8-9,15H,3,6-7,10-12H2,1-2H3,(H,18,19). The molecule has 0 saturated heterocycles. The largest absolute Gasteiger partial charge is 0.481 e. The lowest BCUT2D eigenvalue weighted by atomic mass is 9.67. The maximum Gasteiger partial charge on any atom is 0.314 e. The van der Waals surface area contributed by atoms with Crippen LogP contribution in [-0.4, -0.2) is 31.9 Å². The van der Waals surface area contributed by atoms with E-state index in [0.717, 1.165) is 30.4 Å². The minimum absolute atomic E-state index is 0.232. The van der Waals surface area contributed by atoms with Gasteiger partial charge >= 0.3 is 5.97 Å². The number of methoxy groups -OCH3 is 2. The molecule has 4 nitrogen and oxygen atoms in total. The van der Waals surface area contributed by atoms with Gasteiger partial charge in [-0.1, -0.05) is 43.5 Å². The van der Waals surface area contributed by atoms with Crippen LogP contribution in [0.3, 0.4) is 0 Å². The molecule has 0 spiro atoms. The summed E-state index contributed by atoms with van der Waals surface area (Å²) in [6.07, 6.45) is 4.20. The van der Waals surface area contributed by atoms with Gasteiger partial charge in [0.2, 0.25) is 0 Å². The Morgan fingerprint density at radius 1 is 1.24 bits per heavy atom. The number of hydrogen-bond donors (Lipinski definition) is 1. The van der Waals surface area contributed by atoms with Gasteiger partial charge in [-0.3, -0.25) is 4.79 Å². The van der Waals surface area contributed by atoms with Gasteiger partial charge in [-0.05, 0) is 24.0 Å². The third kappa shape index (κ3) is 3.11. The summed E-state index contributed by atoms with van der Waals surface area (Å²) in [5.41, 5.74) is 1.05. The Hall–Kier alpha value is -1.39. The van der Waals surface area contributed by atoms with Crippen LogP contribution < -0.4 is 0 Å². The molecule has 4 heteroatoms. The van der Waals surface area contributed by atoms with Crippen molar-refractivity contribution in [3.8, 4) is 0 Å². The highest BCUT2D eigenvalue weighted by molar-refractivity contribution is 5.82. The van der Waals surface area contributed by atoms with Crippen molar-refractivity contribution in [2.45, 2.75) is 43.6 Å². The minimum Gasteiger partial charge on any atom is -0.481 e. The highest BCUT2D eigenvalue weighted by Crippen LogP contribution is 2.42. The summed E-state index contributed by atoms with van der Waals surface area (Å²) in [5.74, 6) is -0.720. The van der Waals surface area contributed by atoms with Crippen LogP contribution in [0.1, 0.15) is 49.3 Å². The van der Waals surface area contributed by atoms with Crippen molar-refractivity contribution in [2.24, 2.45) is 0 Å². The van der Waals surface area contributed by atoms with E-state index in [-0.39, 0.29) is 6.10 Å². The third-order valence-corrected chi connectivity index (χ3v) is 4.54. The van der Waals surface area contributed by atoms with Crippen molar-refractivity contribution in [1.29, 1.82) is 0 Å². The normalized spacial score (nSPS) is 19.1. The van der Waals surface area contributed by atoms with E-state index >= 15 is 0 Å². The molecule has 116 valence electrons. The van der Waals surface area contributed by atoms with Crippen LogP contribution in [0.15, 0.2) is 24.3 Å². The van der Waals surface area contributed by atoms with E-state index < -0.39 is 11.4 Å². The smallest absolute Gasteiger partial charge is 0.314 e. The molecule has 0 amide bonds. The Balaban J connectivity index is 2.48. The molecule has 0 aliphatic heterocycles. The zero-order chi connectivity index (χ0) is 15.3. The second-order valence-electron chi connectivity index (χ2n) is 5.71. The van der Waals surface area contributed by atoms with Crippen LogP contribution in [0.4, 0.5) is 0 Å². The van der Waals surface area contributed by atoms with E-state index in [1.54, 1.807) is 14.2 Å². The molecule has 0 bridgehead atoms. The van der Waals surface area contributed by atoms with Gasteiger partial charge in [0.15, 0.2) is 0 Å². The van der Waals surface area contributed by atoms with Gasteiger partial charge in [0.1, 0.15) is 6.10 Å². The first-order chi connectivity index (χ1) is 10.2. The third-order valence-electron chi connectivity index (χ3n) is 4.54. The number of aliphatic carboxylic acids is 1. The number of carboxylic acids is 1.